The van der Waals surface area contributed by atoms with Gasteiger partial charge in [-0.15, -0.1) is 0 Å². The minimum Gasteiger partial charge on any atom is -0.504 e. The lowest BCUT2D eigenvalue weighted by atomic mass is 9.83. The van der Waals surface area contributed by atoms with Crippen LogP contribution in [-0.4, -0.2) is 32.2 Å². The summed E-state index contributed by atoms with van der Waals surface area (Å²) >= 11 is 0. The van der Waals surface area contributed by atoms with Gasteiger partial charge in [0.1, 0.15) is 0 Å². The molecular weight excluding hydrogens is 432 g/mol. The van der Waals surface area contributed by atoms with Crippen molar-refractivity contribution in [2.24, 2.45) is 17.8 Å². The van der Waals surface area contributed by atoms with E-state index in [1.54, 1.807) is 0 Å². The number of benzene rings is 2. The van der Waals surface area contributed by atoms with Gasteiger partial charge in [0, 0.05) is 16.7 Å². The van der Waals surface area contributed by atoms with Gasteiger partial charge in [-0.2, -0.15) is 0 Å². The molecule has 1 aliphatic rings. The Bertz CT molecular complexity index is 1480. The Morgan fingerprint density at radius 2 is 1.45 bits per heavy atom. The van der Waals surface area contributed by atoms with Gasteiger partial charge in [0.2, 0.25) is 17.8 Å². The Kier molecular flexibility index (Phi) is 4.89. The van der Waals surface area contributed by atoms with Crippen molar-refractivity contribution in [1.29, 1.82) is 0 Å². The molecule has 1 saturated heterocycles. The van der Waals surface area contributed by atoms with E-state index in [9.17, 15) is 14.7 Å². The Morgan fingerprint density at radius 3 is 2.06 bits per heavy atom. The minimum absolute atomic E-state index is 0.0398. The predicted octanol–water partition coefficient (Wildman–Crippen LogP) is 3.86. The maximum Gasteiger partial charge on any atom is 0.344 e. The maximum absolute atomic E-state index is 13.0. The number of phenolic OH excluding ortho intramolecular Hbond substituents is 1. The average Bonchev–Trinajstić information content (AvgIpc) is 2.78. The molecule has 3 heterocycles. The van der Waals surface area contributed by atoms with Crippen molar-refractivity contribution in [2.75, 3.05) is 20.8 Å². The highest BCUT2D eigenvalue weighted by molar-refractivity contribution is 6.22. The zero-order valence-corrected chi connectivity index (χ0v) is 18.9. The molecule has 5 rings (SSSR count). The average molecular weight is 456 g/mol. The number of methoxy groups -OCH3 is 2. The Labute approximate surface area is 187 Å². The quantitative estimate of drug-likeness (QED) is 0.361. The van der Waals surface area contributed by atoms with E-state index in [1.165, 1.54) is 26.4 Å². The van der Waals surface area contributed by atoms with E-state index in [2.05, 4.69) is 13.8 Å². The van der Waals surface area contributed by atoms with E-state index < -0.39 is 17.5 Å². The number of aromatic hydroxyl groups is 1. The Morgan fingerprint density at radius 1 is 0.879 bits per heavy atom. The molecule has 1 aliphatic heterocycles. The number of hydrogen-bond acceptors (Lipinski definition) is 9. The molecule has 4 unspecified atom stereocenters. The predicted molar refractivity (Wildman–Crippen MR) is 120 cm³/mol. The smallest absolute Gasteiger partial charge is 0.344 e. The highest BCUT2D eigenvalue weighted by atomic mass is 16.7. The van der Waals surface area contributed by atoms with Crippen molar-refractivity contribution in [1.82, 2.24) is 0 Å². The summed E-state index contributed by atoms with van der Waals surface area (Å²) in [7, 11) is 2.75. The zero-order chi connectivity index (χ0) is 23.6. The van der Waals surface area contributed by atoms with Gasteiger partial charge in [0.25, 0.3) is 0 Å². The third-order valence-corrected chi connectivity index (χ3v) is 6.83. The normalized spacial score (nSPS) is 23.4. The summed E-state index contributed by atoms with van der Waals surface area (Å²) < 4.78 is 33.9. The van der Waals surface area contributed by atoms with Crippen LogP contribution in [0.15, 0.2) is 30.6 Å². The van der Waals surface area contributed by atoms with Crippen molar-refractivity contribution in [3.05, 3.63) is 33.0 Å². The van der Waals surface area contributed by atoms with E-state index in [0.29, 0.717) is 29.2 Å². The first kappa shape index (κ1) is 21.4. The highest BCUT2D eigenvalue weighted by Gasteiger charge is 2.35. The van der Waals surface area contributed by atoms with Crippen molar-refractivity contribution in [3.8, 4) is 23.0 Å². The fourth-order valence-electron chi connectivity index (χ4n) is 4.61. The van der Waals surface area contributed by atoms with Crippen LogP contribution in [0.5, 0.6) is 23.0 Å². The molecule has 0 aliphatic carbocycles. The van der Waals surface area contributed by atoms with Crippen LogP contribution in [0.4, 0.5) is 0 Å². The van der Waals surface area contributed by atoms with Gasteiger partial charge >= 0.3 is 11.3 Å². The molecule has 2 aromatic carbocycles. The SMILES string of the molecule is COc1c(O)cc2c(=O)oc3c(OC)c(OC4OCC(C)C(C)C4C)cc4c(=O)oc1c2c34. The second-order valence-corrected chi connectivity index (χ2v) is 8.63. The fraction of sp³-hybridized carbons (Fsp3) is 0.417. The Hall–Kier alpha value is -3.46. The summed E-state index contributed by atoms with van der Waals surface area (Å²) in [4.78, 5) is 25.8. The number of rotatable bonds is 4. The van der Waals surface area contributed by atoms with Crippen LogP contribution >= 0.6 is 0 Å². The topological polar surface area (TPSA) is 118 Å². The van der Waals surface area contributed by atoms with Crippen LogP contribution in [0.25, 0.3) is 32.7 Å². The molecule has 0 amide bonds. The highest BCUT2D eigenvalue weighted by Crippen LogP contribution is 2.46. The summed E-state index contributed by atoms with van der Waals surface area (Å²) in [6.45, 7) is 6.84. The third kappa shape index (κ3) is 3.02. The van der Waals surface area contributed by atoms with Crippen LogP contribution in [-0.2, 0) is 4.74 Å². The number of hydrogen-bond donors (Lipinski definition) is 1. The van der Waals surface area contributed by atoms with Gasteiger partial charge in [-0.25, -0.2) is 9.59 Å². The van der Waals surface area contributed by atoms with E-state index in [4.69, 9.17) is 27.8 Å². The van der Waals surface area contributed by atoms with Crippen molar-refractivity contribution in [3.63, 3.8) is 0 Å². The minimum atomic E-state index is -0.735. The Balaban J connectivity index is 1.81. The summed E-state index contributed by atoms with van der Waals surface area (Å²) in [5, 5.41) is 11.1. The number of phenols is 1. The van der Waals surface area contributed by atoms with Crippen LogP contribution in [0.1, 0.15) is 20.8 Å². The molecule has 0 saturated carbocycles. The summed E-state index contributed by atoms with van der Waals surface area (Å²) in [6.07, 6.45) is -0.575. The van der Waals surface area contributed by atoms with Gasteiger partial charge in [-0.3, -0.25) is 0 Å². The molecule has 4 aromatic rings. The molecule has 0 spiro atoms. The zero-order valence-electron chi connectivity index (χ0n) is 18.9. The largest absolute Gasteiger partial charge is 0.504 e. The van der Waals surface area contributed by atoms with E-state index in [1.807, 2.05) is 6.92 Å². The fourth-order valence-corrected chi connectivity index (χ4v) is 4.61. The molecule has 174 valence electrons. The summed E-state index contributed by atoms with van der Waals surface area (Å²) in [5.41, 5.74) is -1.46. The molecule has 2 aromatic heterocycles. The van der Waals surface area contributed by atoms with Crippen LogP contribution < -0.4 is 25.5 Å². The van der Waals surface area contributed by atoms with Crippen molar-refractivity contribution in [2.45, 2.75) is 27.1 Å². The monoisotopic (exact) mass is 456 g/mol. The summed E-state index contributed by atoms with van der Waals surface area (Å²) in [6, 6.07) is 2.73. The van der Waals surface area contributed by atoms with Gasteiger partial charge in [-0.05, 0) is 24.0 Å². The number of ether oxygens (including phenoxy) is 4. The first-order chi connectivity index (χ1) is 15.8. The van der Waals surface area contributed by atoms with Crippen molar-refractivity contribution < 1.29 is 32.9 Å². The van der Waals surface area contributed by atoms with Gasteiger partial charge in [-0.1, -0.05) is 20.8 Å². The van der Waals surface area contributed by atoms with E-state index in [0.717, 1.165) is 0 Å². The molecule has 4 atom stereocenters. The first-order valence-corrected chi connectivity index (χ1v) is 10.7. The van der Waals surface area contributed by atoms with E-state index >= 15 is 0 Å². The van der Waals surface area contributed by atoms with Crippen LogP contribution in [0.2, 0.25) is 0 Å². The van der Waals surface area contributed by atoms with Gasteiger partial charge < -0.3 is 32.9 Å². The molecule has 0 radical (unpaired) electrons. The molecular formula is C24H24O9. The van der Waals surface area contributed by atoms with E-state index in [-0.39, 0.29) is 50.9 Å². The van der Waals surface area contributed by atoms with Crippen molar-refractivity contribution >= 4 is 32.7 Å². The molecule has 0 bridgehead atoms. The van der Waals surface area contributed by atoms with Crippen LogP contribution in [0, 0.1) is 17.8 Å². The lowest BCUT2D eigenvalue weighted by Crippen LogP contribution is -2.41. The van der Waals surface area contributed by atoms with Gasteiger partial charge in [0.15, 0.2) is 22.7 Å². The molecule has 1 fully saturated rings. The molecule has 33 heavy (non-hydrogen) atoms. The maximum atomic E-state index is 13.0. The van der Waals surface area contributed by atoms with Crippen LogP contribution in [0.3, 0.4) is 0 Å². The molecule has 9 nitrogen and oxygen atoms in total. The lowest BCUT2D eigenvalue weighted by molar-refractivity contribution is -0.172. The standard InChI is InChI=1S/C24H24O9/c1-9-8-30-24(11(3)10(9)2)31-15-7-13-17-16-12(22(26)33-21(17)19(15)29-5)6-14(25)18(28-4)20(16)32-23(13)27/h6-7,9-11,24-25H,8H2,1-5H3. The lowest BCUT2D eigenvalue weighted by Gasteiger charge is -2.38. The molecule has 9 heteroatoms. The second kappa shape index (κ2) is 7.55. The molecule has 1 N–H and O–H groups in total. The first-order valence-electron chi connectivity index (χ1n) is 10.7. The summed E-state index contributed by atoms with van der Waals surface area (Å²) in [5.74, 6) is 0.753. The second-order valence-electron chi connectivity index (χ2n) is 8.63. The van der Waals surface area contributed by atoms with Gasteiger partial charge in [0.05, 0.1) is 31.6 Å². The third-order valence-electron chi connectivity index (χ3n) is 6.83.